The van der Waals surface area contributed by atoms with E-state index in [0.29, 0.717) is 18.0 Å². The van der Waals surface area contributed by atoms with Gasteiger partial charge in [-0.3, -0.25) is 4.99 Å². The van der Waals surface area contributed by atoms with Crippen LogP contribution in [0.5, 0.6) is 5.75 Å². The smallest absolute Gasteiger partial charge is 0.178 e. The van der Waals surface area contributed by atoms with Crippen molar-refractivity contribution in [2.24, 2.45) is 4.99 Å². The van der Waals surface area contributed by atoms with Crippen molar-refractivity contribution in [3.8, 4) is 11.8 Å². The summed E-state index contributed by atoms with van der Waals surface area (Å²) >= 11 is 7.55. The molecule has 0 amide bonds. The van der Waals surface area contributed by atoms with Crippen LogP contribution in [0, 0.1) is 11.3 Å². The third-order valence-corrected chi connectivity index (χ3v) is 10.7. The first kappa shape index (κ1) is 17.3. The molecule has 0 aromatic heterocycles. The van der Waals surface area contributed by atoms with E-state index in [4.69, 9.17) is 16.5 Å². The zero-order chi connectivity index (χ0) is 17.2. The summed E-state index contributed by atoms with van der Waals surface area (Å²) in [5.41, 5.74) is 0.823. The Bertz CT molecular complexity index is 782. The van der Waals surface area contributed by atoms with Gasteiger partial charge in [0.1, 0.15) is 23.2 Å². The topological polar surface area (TPSA) is 60.6 Å². The number of allylic oxidation sites excluding steroid dienone is 1. The minimum absolute atomic E-state index is 0.508. The fourth-order valence-corrected chi connectivity index (χ4v) is 7.12. The van der Waals surface area contributed by atoms with Crippen molar-refractivity contribution < 1.29 is 4.74 Å². The first-order chi connectivity index (χ1) is 11.6. The fourth-order valence-electron chi connectivity index (χ4n) is 2.87. The summed E-state index contributed by atoms with van der Waals surface area (Å²) in [6, 6.07) is 10.1. The van der Waals surface area contributed by atoms with E-state index >= 15 is 0 Å². The van der Waals surface area contributed by atoms with Crippen molar-refractivity contribution >= 4 is 34.6 Å². The number of nitrogens with one attached hydrogen (secondary N) is 1. The van der Waals surface area contributed by atoms with Gasteiger partial charge >= 0.3 is 0 Å². The van der Waals surface area contributed by atoms with Gasteiger partial charge in [0.05, 0.1) is 13.7 Å². The summed E-state index contributed by atoms with van der Waals surface area (Å²) in [5, 5.41) is 13.0. The molecule has 0 aliphatic carbocycles. The molecule has 0 saturated carbocycles. The van der Waals surface area contributed by atoms with Crippen LogP contribution in [-0.4, -0.2) is 30.4 Å². The Labute approximate surface area is 151 Å². The Kier molecular flexibility index (Phi) is 5.19. The molecule has 2 aliphatic heterocycles. The zero-order valence-corrected chi connectivity index (χ0v) is 16.2. The van der Waals surface area contributed by atoms with E-state index in [2.05, 4.69) is 20.8 Å². The van der Waals surface area contributed by atoms with Crippen LogP contribution in [0.25, 0.3) is 0 Å². The van der Waals surface area contributed by atoms with Crippen LogP contribution in [0.2, 0.25) is 0 Å². The van der Waals surface area contributed by atoms with Crippen LogP contribution >= 0.6 is 16.9 Å². The van der Waals surface area contributed by atoms with Gasteiger partial charge in [-0.2, -0.15) is 5.26 Å². The maximum absolute atomic E-state index is 9.62. The molecule has 1 fully saturated rings. The van der Waals surface area contributed by atoms with Crippen LogP contribution in [0.1, 0.15) is 18.4 Å². The average molecular weight is 378 g/mol. The minimum atomic E-state index is -1.97. The molecule has 8 heteroatoms. The molecule has 1 unspecified atom stereocenters. The number of methoxy groups -OCH3 is 1. The standard InChI is InChI=1S/C16H19N4OPS2/c1-21-13-7-5-12(6-8-13)11-18-16-14(10-17)15-4-3-9-20(15)22(23,19-16)24-2/h5-8H,3-4,9,11H2,1-2H3,(H,18,19,23). The lowest BCUT2D eigenvalue weighted by Gasteiger charge is -2.38. The number of hydrogen-bond donors (Lipinski definition) is 1. The van der Waals surface area contributed by atoms with E-state index in [1.165, 1.54) is 0 Å². The Morgan fingerprint density at radius 1 is 1.46 bits per heavy atom. The molecule has 0 spiro atoms. The molecular formula is C16H19N4OPS2. The highest BCUT2D eigenvalue weighted by Gasteiger charge is 2.38. The Morgan fingerprint density at radius 3 is 2.83 bits per heavy atom. The molecular weight excluding hydrogens is 359 g/mol. The van der Waals surface area contributed by atoms with Gasteiger partial charge in [-0.1, -0.05) is 23.5 Å². The van der Waals surface area contributed by atoms with Crippen molar-refractivity contribution in [1.82, 2.24) is 9.76 Å². The van der Waals surface area contributed by atoms with E-state index in [1.54, 1.807) is 18.5 Å². The van der Waals surface area contributed by atoms with Crippen molar-refractivity contribution in [3.05, 3.63) is 41.1 Å². The Morgan fingerprint density at radius 2 is 2.21 bits per heavy atom. The number of hydrogen-bond acceptors (Lipinski definition) is 5. The number of aliphatic imine (C=N–C) groups is 1. The van der Waals surface area contributed by atoms with E-state index in [9.17, 15) is 5.26 Å². The number of fused-ring (bicyclic) bond motifs is 1. The summed E-state index contributed by atoms with van der Waals surface area (Å²) in [6.07, 6.45) is 3.99. The number of benzene rings is 1. The summed E-state index contributed by atoms with van der Waals surface area (Å²) in [7, 11) is 1.65. The molecule has 1 saturated heterocycles. The van der Waals surface area contributed by atoms with E-state index in [0.717, 1.165) is 36.4 Å². The van der Waals surface area contributed by atoms with E-state index in [1.807, 2.05) is 30.5 Å². The highest BCUT2D eigenvalue weighted by Crippen LogP contribution is 2.63. The van der Waals surface area contributed by atoms with Crippen LogP contribution in [0.4, 0.5) is 0 Å². The zero-order valence-electron chi connectivity index (χ0n) is 13.7. The highest BCUT2D eigenvalue weighted by molar-refractivity contribution is 8.69. The van der Waals surface area contributed by atoms with Crippen molar-refractivity contribution in [3.63, 3.8) is 0 Å². The van der Waals surface area contributed by atoms with Crippen molar-refractivity contribution in [1.29, 1.82) is 5.26 Å². The molecule has 1 aromatic rings. The predicted octanol–water partition coefficient (Wildman–Crippen LogP) is 3.66. The van der Waals surface area contributed by atoms with Crippen LogP contribution in [0.15, 0.2) is 40.5 Å². The van der Waals surface area contributed by atoms with Crippen molar-refractivity contribution in [2.75, 3.05) is 19.9 Å². The molecule has 0 radical (unpaired) electrons. The number of nitriles is 1. The Hall–Kier alpha value is -1.48. The third-order valence-electron chi connectivity index (χ3n) is 4.12. The first-order valence-corrected chi connectivity index (χ1v) is 12.2. The van der Waals surface area contributed by atoms with E-state index < -0.39 is 5.54 Å². The summed E-state index contributed by atoms with van der Waals surface area (Å²) in [5.74, 6) is 1.47. The predicted molar refractivity (Wildman–Crippen MR) is 104 cm³/mol. The lowest BCUT2D eigenvalue weighted by Crippen LogP contribution is -2.35. The number of ether oxygens (including phenoxy) is 1. The summed E-state index contributed by atoms with van der Waals surface area (Å²) in [4.78, 5) is 4.67. The van der Waals surface area contributed by atoms with Gasteiger partial charge in [-0.05, 0) is 48.6 Å². The third kappa shape index (κ3) is 3.19. The lowest BCUT2D eigenvalue weighted by atomic mass is 10.1. The van der Waals surface area contributed by atoms with Crippen LogP contribution in [0.3, 0.4) is 0 Å². The SMILES string of the molecule is COc1ccc(CN=C2NP(=S)(SC)N3CCCC3=C2C#N)cc1. The molecule has 5 nitrogen and oxygen atoms in total. The van der Waals surface area contributed by atoms with Crippen LogP contribution in [-0.2, 0) is 18.4 Å². The van der Waals surface area contributed by atoms with Gasteiger partial charge in [-0.25, -0.2) is 0 Å². The van der Waals surface area contributed by atoms with Gasteiger partial charge in [-0.15, -0.1) is 0 Å². The molecule has 1 N–H and O–H groups in total. The normalized spacial score (nSPS) is 24.5. The van der Waals surface area contributed by atoms with Gasteiger partial charge in [0, 0.05) is 12.2 Å². The number of rotatable bonds is 4. The fraction of sp³-hybridized carbons (Fsp3) is 0.375. The monoisotopic (exact) mass is 378 g/mol. The van der Waals surface area contributed by atoms with Gasteiger partial charge in [0.15, 0.2) is 5.54 Å². The summed E-state index contributed by atoms with van der Waals surface area (Å²) < 4.78 is 7.41. The maximum atomic E-state index is 9.62. The number of nitrogens with zero attached hydrogens (tertiary/aromatic N) is 3. The molecule has 2 heterocycles. The average Bonchev–Trinajstić information content (AvgIpc) is 3.11. The van der Waals surface area contributed by atoms with E-state index in [-0.39, 0.29) is 0 Å². The molecule has 3 rings (SSSR count). The second kappa shape index (κ2) is 7.18. The molecule has 126 valence electrons. The minimum Gasteiger partial charge on any atom is -0.497 e. The molecule has 1 atom stereocenters. The first-order valence-electron chi connectivity index (χ1n) is 7.64. The van der Waals surface area contributed by atoms with Crippen LogP contribution < -0.4 is 9.82 Å². The van der Waals surface area contributed by atoms with Gasteiger partial charge < -0.3 is 14.5 Å². The largest absolute Gasteiger partial charge is 0.497 e. The Balaban J connectivity index is 1.91. The van der Waals surface area contributed by atoms with Crippen molar-refractivity contribution in [2.45, 2.75) is 19.4 Å². The molecule has 1 aromatic carbocycles. The summed E-state index contributed by atoms with van der Waals surface area (Å²) in [6.45, 7) is 1.44. The maximum Gasteiger partial charge on any atom is 0.178 e. The molecule has 2 aliphatic rings. The highest BCUT2D eigenvalue weighted by atomic mass is 32.9. The van der Waals surface area contributed by atoms with Gasteiger partial charge in [0.25, 0.3) is 0 Å². The molecule has 0 bridgehead atoms. The van der Waals surface area contributed by atoms with Gasteiger partial charge in [0.2, 0.25) is 0 Å². The lowest BCUT2D eigenvalue weighted by molar-refractivity contribution is 0.414. The number of amidine groups is 1. The second-order valence-electron chi connectivity index (χ2n) is 5.49. The quantitative estimate of drug-likeness (QED) is 0.807. The molecule has 24 heavy (non-hydrogen) atoms. The second-order valence-corrected chi connectivity index (χ2v) is 12.6.